The zero-order chi connectivity index (χ0) is 18.0. The molecule has 0 saturated heterocycles. The van der Waals surface area contributed by atoms with Gasteiger partial charge in [-0.25, -0.2) is 13.1 Å². The predicted molar refractivity (Wildman–Crippen MR) is 98.3 cm³/mol. The third-order valence-corrected chi connectivity index (χ3v) is 6.37. The Morgan fingerprint density at radius 2 is 1.83 bits per heavy atom. The molecule has 0 aliphatic carbocycles. The van der Waals surface area contributed by atoms with Gasteiger partial charge in [-0.3, -0.25) is 4.79 Å². The highest BCUT2D eigenvalue weighted by molar-refractivity contribution is 7.91. The zero-order valence-corrected chi connectivity index (χ0v) is 16.0. The van der Waals surface area contributed by atoms with Crippen molar-refractivity contribution in [1.82, 2.24) is 4.72 Å². The molecule has 0 fully saturated rings. The Bertz CT molecular complexity index is 839. The minimum absolute atomic E-state index is 0.0791. The number of amides is 1. The summed E-state index contributed by atoms with van der Waals surface area (Å²) in [5.74, 6) is -0.432. The fourth-order valence-electron chi connectivity index (χ4n) is 2.11. The molecule has 2 rings (SSSR count). The summed E-state index contributed by atoms with van der Waals surface area (Å²) in [5, 5.41) is 2.76. The number of anilines is 1. The highest BCUT2D eigenvalue weighted by Crippen LogP contribution is 2.29. The van der Waals surface area contributed by atoms with Crippen LogP contribution in [0.1, 0.15) is 26.3 Å². The van der Waals surface area contributed by atoms with Gasteiger partial charge in [0.2, 0.25) is 5.91 Å². The van der Waals surface area contributed by atoms with E-state index < -0.39 is 15.9 Å². The van der Waals surface area contributed by atoms with Crippen LogP contribution in [0.15, 0.2) is 40.6 Å². The van der Waals surface area contributed by atoms with Crippen molar-refractivity contribution in [2.24, 2.45) is 0 Å². The van der Waals surface area contributed by atoms with E-state index in [4.69, 9.17) is 11.6 Å². The van der Waals surface area contributed by atoms with Gasteiger partial charge in [0, 0.05) is 5.69 Å². The molecular formula is C16H19ClN2O3S2. The molecule has 0 bridgehead atoms. The van der Waals surface area contributed by atoms with Gasteiger partial charge in [0.15, 0.2) is 0 Å². The van der Waals surface area contributed by atoms with Gasteiger partial charge in [-0.15, -0.1) is 11.3 Å². The second-order valence-corrected chi connectivity index (χ2v) is 9.94. The number of para-hydroxylation sites is 1. The molecule has 0 unspecified atom stereocenters. The van der Waals surface area contributed by atoms with Crippen LogP contribution in [-0.2, 0) is 20.2 Å². The molecule has 1 aromatic carbocycles. The molecule has 0 aliphatic heterocycles. The smallest absolute Gasteiger partial charge is 0.250 e. The quantitative estimate of drug-likeness (QED) is 0.824. The van der Waals surface area contributed by atoms with E-state index in [1.165, 1.54) is 12.1 Å². The number of carbonyl (C=O) groups excluding carboxylic acids is 1. The number of sulfonamides is 1. The summed E-state index contributed by atoms with van der Waals surface area (Å²) in [7, 11) is -3.74. The number of thiophene rings is 1. The fourth-order valence-corrected chi connectivity index (χ4v) is 4.62. The van der Waals surface area contributed by atoms with E-state index in [-0.39, 0.29) is 16.2 Å². The van der Waals surface area contributed by atoms with Crippen LogP contribution in [0.2, 0.25) is 4.34 Å². The molecule has 1 amide bonds. The van der Waals surface area contributed by atoms with Crippen LogP contribution in [0.5, 0.6) is 0 Å². The van der Waals surface area contributed by atoms with E-state index in [0.717, 1.165) is 16.9 Å². The van der Waals surface area contributed by atoms with Crippen molar-refractivity contribution < 1.29 is 13.2 Å². The molecule has 24 heavy (non-hydrogen) atoms. The van der Waals surface area contributed by atoms with Gasteiger partial charge in [0.25, 0.3) is 10.0 Å². The molecule has 8 heteroatoms. The molecule has 2 aromatic rings. The summed E-state index contributed by atoms with van der Waals surface area (Å²) in [6.45, 7) is 5.78. The lowest BCUT2D eigenvalue weighted by Crippen LogP contribution is -2.33. The summed E-state index contributed by atoms with van der Waals surface area (Å²) in [6.07, 6.45) is 0. The molecule has 5 nitrogen and oxygen atoms in total. The Labute approximate surface area is 151 Å². The largest absolute Gasteiger partial charge is 0.325 e. The second-order valence-electron chi connectivity index (χ2n) is 6.23. The Hall–Kier alpha value is -1.41. The van der Waals surface area contributed by atoms with Gasteiger partial charge < -0.3 is 5.32 Å². The van der Waals surface area contributed by atoms with Crippen LogP contribution in [0.4, 0.5) is 5.69 Å². The van der Waals surface area contributed by atoms with Crippen LogP contribution < -0.4 is 10.0 Å². The minimum Gasteiger partial charge on any atom is -0.325 e. The van der Waals surface area contributed by atoms with Crippen LogP contribution in [0, 0.1) is 0 Å². The van der Waals surface area contributed by atoms with Crippen molar-refractivity contribution >= 4 is 44.6 Å². The van der Waals surface area contributed by atoms with Crippen LogP contribution >= 0.6 is 22.9 Å². The summed E-state index contributed by atoms with van der Waals surface area (Å²) in [5.41, 5.74) is 1.51. The topological polar surface area (TPSA) is 75.3 Å². The van der Waals surface area contributed by atoms with E-state index in [1.807, 2.05) is 39.0 Å². The van der Waals surface area contributed by atoms with Gasteiger partial charge in [-0.1, -0.05) is 50.6 Å². The van der Waals surface area contributed by atoms with Gasteiger partial charge in [0.1, 0.15) is 4.21 Å². The SMILES string of the molecule is CC(C)(C)c1ccccc1NC(=O)CNS(=O)(=O)c1ccc(Cl)s1. The van der Waals surface area contributed by atoms with Crippen molar-refractivity contribution in [3.05, 3.63) is 46.3 Å². The molecule has 0 spiro atoms. The summed E-state index contributed by atoms with van der Waals surface area (Å²) in [4.78, 5) is 12.1. The second kappa shape index (κ2) is 7.23. The maximum atomic E-state index is 12.1. The Morgan fingerprint density at radius 1 is 1.17 bits per heavy atom. The monoisotopic (exact) mass is 386 g/mol. The first kappa shape index (κ1) is 18.9. The van der Waals surface area contributed by atoms with Crippen molar-refractivity contribution in [3.8, 4) is 0 Å². The van der Waals surface area contributed by atoms with Crippen LogP contribution in [0.25, 0.3) is 0 Å². The Kier molecular flexibility index (Phi) is 5.70. The summed E-state index contributed by atoms with van der Waals surface area (Å²) < 4.78 is 26.9. The highest BCUT2D eigenvalue weighted by atomic mass is 35.5. The van der Waals surface area contributed by atoms with Crippen molar-refractivity contribution in [2.45, 2.75) is 30.4 Å². The number of hydrogen-bond donors (Lipinski definition) is 2. The van der Waals surface area contributed by atoms with Gasteiger partial charge in [-0.2, -0.15) is 0 Å². The average molecular weight is 387 g/mol. The molecule has 2 N–H and O–H groups in total. The minimum atomic E-state index is -3.74. The molecule has 130 valence electrons. The first-order valence-electron chi connectivity index (χ1n) is 7.24. The van der Waals surface area contributed by atoms with Crippen molar-refractivity contribution in [3.63, 3.8) is 0 Å². The van der Waals surface area contributed by atoms with Gasteiger partial charge in [-0.05, 0) is 29.2 Å². The maximum Gasteiger partial charge on any atom is 0.250 e. The summed E-state index contributed by atoms with van der Waals surface area (Å²) in [6, 6.07) is 10.4. The number of halogens is 1. The molecular weight excluding hydrogens is 368 g/mol. The number of nitrogens with one attached hydrogen (secondary N) is 2. The lowest BCUT2D eigenvalue weighted by molar-refractivity contribution is -0.115. The zero-order valence-electron chi connectivity index (χ0n) is 13.6. The van der Waals surface area contributed by atoms with E-state index >= 15 is 0 Å². The Morgan fingerprint density at radius 3 is 2.42 bits per heavy atom. The number of hydrogen-bond acceptors (Lipinski definition) is 4. The molecule has 0 aliphatic rings. The number of rotatable bonds is 5. The average Bonchev–Trinajstić information content (AvgIpc) is 2.92. The van der Waals surface area contributed by atoms with Gasteiger partial charge in [0.05, 0.1) is 10.9 Å². The summed E-state index contributed by atoms with van der Waals surface area (Å²) >= 11 is 6.68. The maximum absolute atomic E-state index is 12.1. The number of carbonyl (C=O) groups is 1. The predicted octanol–water partition coefficient (Wildman–Crippen LogP) is 3.62. The molecule has 1 heterocycles. The molecule has 0 atom stereocenters. The van der Waals surface area contributed by atoms with Crippen molar-refractivity contribution in [1.29, 1.82) is 0 Å². The third kappa shape index (κ3) is 4.80. The fraction of sp³-hybridized carbons (Fsp3) is 0.312. The molecule has 1 aromatic heterocycles. The first-order chi connectivity index (χ1) is 11.1. The standard InChI is InChI=1S/C16H19ClN2O3S2/c1-16(2,3)11-6-4-5-7-12(11)19-14(20)10-18-24(21,22)15-9-8-13(17)23-15/h4-9,18H,10H2,1-3H3,(H,19,20). The normalized spacial score (nSPS) is 12.2. The number of benzene rings is 1. The van der Waals surface area contributed by atoms with E-state index in [2.05, 4.69) is 10.0 Å². The first-order valence-corrected chi connectivity index (χ1v) is 9.92. The van der Waals surface area contributed by atoms with Crippen LogP contribution in [0.3, 0.4) is 0 Å². The third-order valence-electron chi connectivity index (χ3n) is 3.25. The van der Waals surface area contributed by atoms with E-state index in [1.54, 1.807) is 6.07 Å². The lowest BCUT2D eigenvalue weighted by Gasteiger charge is -2.23. The van der Waals surface area contributed by atoms with Crippen molar-refractivity contribution in [2.75, 3.05) is 11.9 Å². The van der Waals surface area contributed by atoms with Crippen LogP contribution in [-0.4, -0.2) is 20.9 Å². The molecule has 0 radical (unpaired) electrons. The Balaban J connectivity index is 2.05. The highest BCUT2D eigenvalue weighted by Gasteiger charge is 2.20. The lowest BCUT2D eigenvalue weighted by atomic mass is 9.86. The van der Waals surface area contributed by atoms with E-state index in [0.29, 0.717) is 10.0 Å². The van der Waals surface area contributed by atoms with Gasteiger partial charge >= 0.3 is 0 Å². The van der Waals surface area contributed by atoms with E-state index in [9.17, 15) is 13.2 Å². The molecule has 0 saturated carbocycles.